The van der Waals surface area contributed by atoms with E-state index >= 15 is 0 Å². The zero-order valence-electron chi connectivity index (χ0n) is 12.9. The van der Waals surface area contributed by atoms with Crippen LogP contribution in [0.5, 0.6) is 0 Å². The Labute approximate surface area is 145 Å². The number of morpholine rings is 1. The molecule has 1 unspecified atom stereocenters. The number of carbonyl (C=O) groups is 1. The van der Waals surface area contributed by atoms with Crippen molar-refractivity contribution in [3.63, 3.8) is 0 Å². The standard InChI is InChI=1S/C15H17BrF3N3O2/c16-10-7-11(15(17,18)19)13(20-8-10)22-5-6-24-12(9-22)14(23)21-3-1-2-4-21/h7-8,12H,1-6,9H2. The van der Waals surface area contributed by atoms with Gasteiger partial charge in [0.05, 0.1) is 18.7 Å². The van der Waals surface area contributed by atoms with Gasteiger partial charge in [-0.05, 0) is 34.8 Å². The number of likely N-dealkylation sites (tertiary alicyclic amines) is 1. The molecule has 1 atom stereocenters. The zero-order valence-corrected chi connectivity index (χ0v) is 14.4. The van der Waals surface area contributed by atoms with Gasteiger partial charge in [-0.15, -0.1) is 0 Å². The van der Waals surface area contributed by atoms with Crippen molar-refractivity contribution >= 4 is 27.7 Å². The van der Waals surface area contributed by atoms with E-state index in [1.165, 1.54) is 11.1 Å². The normalized spacial score (nSPS) is 22.1. The summed E-state index contributed by atoms with van der Waals surface area (Å²) >= 11 is 3.03. The minimum atomic E-state index is -4.52. The molecular weight excluding hydrogens is 391 g/mol. The Bertz CT molecular complexity index is 620. The lowest BCUT2D eigenvalue weighted by Crippen LogP contribution is -2.51. The van der Waals surface area contributed by atoms with Crippen molar-refractivity contribution in [3.8, 4) is 0 Å². The quantitative estimate of drug-likeness (QED) is 0.755. The number of pyridine rings is 1. The molecule has 9 heteroatoms. The van der Waals surface area contributed by atoms with Gasteiger partial charge < -0.3 is 14.5 Å². The van der Waals surface area contributed by atoms with Crippen LogP contribution in [0.15, 0.2) is 16.7 Å². The molecule has 0 spiro atoms. The Morgan fingerprint density at radius 1 is 1.29 bits per heavy atom. The molecule has 0 aromatic carbocycles. The van der Waals surface area contributed by atoms with Crippen LogP contribution in [0.2, 0.25) is 0 Å². The van der Waals surface area contributed by atoms with Crippen LogP contribution in [0, 0.1) is 0 Å². The van der Waals surface area contributed by atoms with Crippen LogP contribution in [-0.4, -0.2) is 54.7 Å². The summed E-state index contributed by atoms with van der Waals surface area (Å²) in [5.74, 6) is -0.309. The maximum Gasteiger partial charge on any atom is 0.419 e. The molecule has 2 aliphatic heterocycles. The smallest absolute Gasteiger partial charge is 0.365 e. The first-order valence-corrected chi connectivity index (χ1v) is 8.53. The van der Waals surface area contributed by atoms with Crippen molar-refractivity contribution in [3.05, 3.63) is 22.3 Å². The molecule has 0 bridgehead atoms. The van der Waals surface area contributed by atoms with Crippen molar-refractivity contribution in [2.24, 2.45) is 0 Å². The molecule has 0 saturated carbocycles. The highest BCUT2D eigenvalue weighted by Crippen LogP contribution is 2.37. The number of hydrogen-bond donors (Lipinski definition) is 0. The number of anilines is 1. The van der Waals surface area contributed by atoms with Gasteiger partial charge in [-0.25, -0.2) is 4.98 Å². The van der Waals surface area contributed by atoms with Gasteiger partial charge in [-0.1, -0.05) is 0 Å². The molecule has 0 N–H and O–H groups in total. The number of halogens is 4. The number of rotatable bonds is 2. The molecule has 0 radical (unpaired) electrons. The minimum absolute atomic E-state index is 0.0764. The fraction of sp³-hybridized carbons (Fsp3) is 0.600. The van der Waals surface area contributed by atoms with E-state index in [0.717, 1.165) is 18.9 Å². The van der Waals surface area contributed by atoms with E-state index in [2.05, 4.69) is 20.9 Å². The third-order valence-corrected chi connectivity index (χ3v) is 4.63. The SMILES string of the molecule is O=C(C1CN(c2ncc(Br)cc2C(F)(F)F)CCO1)N1CCCC1. The van der Waals surface area contributed by atoms with E-state index in [-0.39, 0.29) is 35.9 Å². The Hall–Kier alpha value is -1.35. The molecule has 1 amide bonds. The van der Waals surface area contributed by atoms with Crippen LogP contribution < -0.4 is 4.90 Å². The van der Waals surface area contributed by atoms with E-state index in [0.29, 0.717) is 13.1 Å². The number of hydrogen-bond acceptors (Lipinski definition) is 4. The molecule has 24 heavy (non-hydrogen) atoms. The van der Waals surface area contributed by atoms with Gasteiger partial charge in [0.25, 0.3) is 5.91 Å². The van der Waals surface area contributed by atoms with Gasteiger partial charge in [0.1, 0.15) is 5.82 Å². The van der Waals surface area contributed by atoms with Crippen molar-refractivity contribution in [1.82, 2.24) is 9.88 Å². The highest BCUT2D eigenvalue weighted by Gasteiger charge is 2.38. The summed E-state index contributed by atoms with van der Waals surface area (Å²) in [5, 5.41) is 0. The van der Waals surface area contributed by atoms with Crippen molar-refractivity contribution in [2.45, 2.75) is 25.1 Å². The van der Waals surface area contributed by atoms with E-state index in [1.54, 1.807) is 4.90 Å². The Kier molecular flexibility index (Phi) is 5.00. The summed E-state index contributed by atoms with van der Waals surface area (Å²) in [5.41, 5.74) is -0.814. The highest BCUT2D eigenvalue weighted by molar-refractivity contribution is 9.10. The van der Waals surface area contributed by atoms with Gasteiger partial charge in [0.2, 0.25) is 0 Å². The molecule has 132 valence electrons. The summed E-state index contributed by atoms with van der Waals surface area (Å²) in [6.45, 7) is 1.90. The first-order chi connectivity index (χ1) is 11.4. The molecule has 3 heterocycles. The van der Waals surface area contributed by atoms with E-state index in [4.69, 9.17) is 4.74 Å². The van der Waals surface area contributed by atoms with Gasteiger partial charge in [-0.2, -0.15) is 13.2 Å². The zero-order chi connectivity index (χ0) is 17.3. The molecule has 1 aromatic rings. The minimum Gasteiger partial charge on any atom is -0.365 e. The first-order valence-electron chi connectivity index (χ1n) is 7.74. The number of alkyl halides is 3. The van der Waals surface area contributed by atoms with Crippen molar-refractivity contribution < 1.29 is 22.7 Å². The maximum absolute atomic E-state index is 13.3. The van der Waals surface area contributed by atoms with Crippen LogP contribution in [0.4, 0.5) is 19.0 Å². The Morgan fingerprint density at radius 2 is 2.00 bits per heavy atom. The predicted molar refractivity (Wildman–Crippen MR) is 84.7 cm³/mol. The molecule has 2 aliphatic rings. The van der Waals surface area contributed by atoms with Crippen LogP contribution in [-0.2, 0) is 15.7 Å². The number of amides is 1. The van der Waals surface area contributed by atoms with Crippen LogP contribution in [0.25, 0.3) is 0 Å². The molecule has 3 rings (SSSR count). The molecule has 0 aliphatic carbocycles. The Morgan fingerprint density at radius 3 is 2.67 bits per heavy atom. The molecule has 5 nitrogen and oxygen atoms in total. The summed E-state index contributed by atoms with van der Waals surface area (Å²) in [4.78, 5) is 19.6. The van der Waals surface area contributed by atoms with Crippen LogP contribution in [0.1, 0.15) is 18.4 Å². The molecule has 2 saturated heterocycles. The predicted octanol–water partition coefficient (Wildman–Crippen LogP) is 2.69. The third kappa shape index (κ3) is 3.66. The summed E-state index contributed by atoms with van der Waals surface area (Å²) in [6, 6.07) is 1.01. The van der Waals surface area contributed by atoms with Crippen LogP contribution >= 0.6 is 15.9 Å². The number of aromatic nitrogens is 1. The first kappa shape index (κ1) is 17.5. The lowest BCUT2D eigenvalue weighted by molar-refractivity contribution is -0.143. The fourth-order valence-corrected chi connectivity index (χ4v) is 3.36. The van der Waals surface area contributed by atoms with Crippen molar-refractivity contribution in [1.29, 1.82) is 0 Å². The average Bonchev–Trinajstić information content (AvgIpc) is 3.08. The molecular formula is C15H17BrF3N3O2. The number of carbonyl (C=O) groups excluding carboxylic acids is 1. The fourth-order valence-electron chi connectivity index (χ4n) is 3.02. The number of ether oxygens (including phenoxy) is 1. The second-order valence-corrected chi connectivity index (χ2v) is 6.78. The van der Waals surface area contributed by atoms with E-state index < -0.39 is 17.8 Å². The lowest BCUT2D eigenvalue weighted by Gasteiger charge is -2.35. The summed E-state index contributed by atoms with van der Waals surface area (Å²) in [7, 11) is 0. The van der Waals surface area contributed by atoms with Crippen molar-refractivity contribution in [2.75, 3.05) is 37.7 Å². The van der Waals surface area contributed by atoms with Gasteiger partial charge in [0, 0.05) is 30.3 Å². The van der Waals surface area contributed by atoms with Gasteiger partial charge in [-0.3, -0.25) is 4.79 Å². The third-order valence-electron chi connectivity index (χ3n) is 4.20. The summed E-state index contributed by atoms with van der Waals surface area (Å²) < 4.78 is 45.6. The largest absolute Gasteiger partial charge is 0.419 e. The van der Waals surface area contributed by atoms with E-state index in [1.807, 2.05) is 0 Å². The monoisotopic (exact) mass is 407 g/mol. The van der Waals surface area contributed by atoms with E-state index in [9.17, 15) is 18.0 Å². The number of nitrogens with zero attached hydrogens (tertiary/aromatic N) is 3. The van der Waals surface area contributed by atoms with Gasteiger partial charge in [0.15, 0.2) is 6.10 Å². The molecule has 2 fully saturated rings. The van der Waals surface area contributed by atoms with Gasteiger partial charge >= 0.3 is 6.18 Å². The highest BCUT2D eigenvalue weighted by atomic mass is 79.9. The topological polar surface area (TPSA) is 45.7 Å². The second kappa shape index (κ2) is 6.87. The maximum atomic E-state index is 13.3. The average molecular weight is 408 g/mol. The molecule has 1 aromatic heterocycles. The summed E-state index contributed by atoms with van der Waals surface area (Å²) in [6.07, 6.45) is -2.03. The Balaban J connectivity index is 1.81. The van der Waals surface area contributed by atoms with Crippen LogP contribution in [0.3, 0.4) is 0 Å². The lowest BCUT2D eigenvalue weighted by atomic mass is 10.2. The second-order valence-electron chi connectivity index (χ2n) is 5.86.